The number of fused-ring (bicyclic) bond motifs is 3. The zero-order chi connectivity index (χ0) is 23.4. The van der Waals surface area contributed by atoms with Gasteiger partial charge in [-0.25, -0.2) is 4.79 Å². The number of halogens is 1. The zero-order valence-electron chi connectivity index (χ0n) is 18.6. The highest BCUT2D eigenvalue weighted by Crippen LogP contribution is 2.39. The van der Waals surface area contributed by atoms with Crippen LogP contribution in [0.2, 0.25) is 5.02 Å². The fourth-order valence-corrected chi connectivity index (χ4v) is 4.40. The Morgan fingerprint density at radius 3 is 2.76 bits per heavy atom. The minimum absolute atomic E-state index is 0.286. The number of hydrogen-bond donors (Lipinski definition) is 3. The molecule has 4 rings (SSSR count). The van der Waals surface area contributed by atoms with Crippen molar-refractivity contribution in [3.63, 3.8) is 0 Å². The third-order valence-corrected chi connectivity index (χ3v) is 6.11. The van der Waals surface area contributed by atoms with E-state index >= 15 is 0 Å². The number of ether oxygens (including phenoxy) is 2. The average molecular weight is 473 g/mol. The SMILES string of the molecule is CCCOC(=O)N1CCc2c([nH]c3ccc(Cl)cc23)C1c1ccc(OCCC(O)CO)cc1. The van der Waals surface area contributed by atoms with Crippen molar-refractivity contribution >= 4 is 28.6 Å². The van der Waals surface area contributed by atoms with Crippen molar-refractivity contribution < 1.29 is 24.5 Å². The molecule has 0 saturated heterocycles. The van der Waals surface area contributed by atoms with Crippen LogP contribution in [0.1, 0.15) is 42.6 Å². The largest absolute Gasteiger partial charge is 0.493 e. The number of aromatic nitrogens is 1. The monoisotopic (exact) mass is 472 g/mol. The van der Waals surface area contributed by atoms with Gasteiger partial charge in [-0.15, -0.1) is 0 Å². The zero-order valence-corrected chi connectivity index (χ0v) is 19.3. The molecule has 1 aliphatic heterocycles. The minimum atomic E-state index is -0.789. The number of hydrogen-bond acceptors (Lipinski definition) is 5. The van der Waals surface area contributed by atoms with Crippen LogP contribution in [-0.4, -0.2) is 58.7 Å². The molecule has 0 saturated carbocycles. The van der Waals surface area contributed by atoms with E-state index in [9.17, 15) is 9.90 Å². The molecule has 0 spiro atoms. The van der Waals surface area contributed by atoms with E-state index in [0.717, 1.165) is 34.1 Å². The lowest BCUT2D eigenvalue weighted by Crippen LogP contribution is -2.41. The first-order valence-corrected chi connectivity index (χ1v) is 11.6. The second-order valence-corrected chi connectivity index (χ2v) is 8.65. The summed E-state index contributed by atoms with van der Waals surface area (Å²) in [7, 11) is 0. The average Bonchev–Trinajstić information content (AvgIpc) is 3.20. The topological polar surface area (TPSA) is 95.0 Å². The summed E-state index contributed by atoms with van der Waals surface area (Å²) >= 11 is 6.25. The third-order valence-electron chi connectivity index (χ3n) is 5.88. The van der Waals surface area contributed by atoms with E-state index in [0.29, 0.717) is 43.4 Å². The molecule has 7 nitrogen and oxygen atoms in total. The number of aliphatic hydroxyl groups excluding tert-OH is 2. The van der Waals surface area contributed by atoms with Gasteiger partial charge in [0.15, 0.2) is 0 Å². The molecule has 176 valence electrons. The van der Waals surface area contributed by atoms with Crippen LogP contribution in [0.4, 0.5) is 4.79 Å². The maximum Gasteiger partial charge on any atom is 0.410 e. The number of benzene rings is 2. The number of aromatic amines is 1. The summed E-state index contributed by atoms with van der Waals surface area (Å²) in [5.74, 6) is 0.656. The normalized spacial score (nSPS) is 16.5. The molecule has 0 bridgehead atoms. The molecule has 1 amide bonds. The number of aliphatic hydroxyl groups is 2. The van der Waals surface area contributed by atoms with Crippen LogP contribution in [0.5, 0.6) is 5.75 Å². The predicted molar refractivity (Wildman–Crippen MR) is 127 cm³/mol. The van der Waals surface area contributed by atoms with Gasteiger partial charge in [0.05, 0.1) is 25.9 Å². The van der Waals surface area contributed by atoms with Gasteiger partial charge in [-0.05, 0) is 54.3 Å². The summed E-state index contributed by atoms with van der Waals surface area (Å²) in [4.78, 5) is 18.2. The Labute approximate surface area is 197 Å². The summed E-state index contributed by atoms with van der Waals surface area (Å²) in [6, 6.07) is 13.0. The molecule has 2 unspecified atom stereocenters. The van der Waals surface area contributed by atoms with Gasteiger partial charge in [-0.1, -0.05) is 30.7 Å². The van der Waals surface area contributed by atoms with Crippen molar-refractivity contribution in [1.29, 1.82) is 0 Å². The maximum atomic E-state index is 12.9. The van der Waals surface area contributed by atoms with E-state index in [-0.39, 0.29) is 18.7 Å². The molecule has 3 N–H and O–H groups in total. The van der Waals surface area contributed by atoms with Gasteiger partial charge in [-0.3, -0.25) is 4.90 Å². The van der Waals surface area contributed by atoms with E-state index in [2.05, 4.69) is 4.98 Å². The van der Waals surface area contributed by atoms with Gasteiger partial charge in [-0.2, -0.15) is 0 Å². The van der Waals surface area contributed by atoms with Crippen LogP contribution in [0.25, 0.3) is 10.9 Å². The van der Waals surface area contributed by atoms with E-state index in [4.69, 9.17) is 26.2 Å². The summed E-state index contributed by atoms with van der Waals surface area (Å²) in [5, 5.41) is 20.2. The minimum Gasteiger partial charge on any atom is -0.493 e. The number of nitrogens with zero attached hydrogens (tertiary/aromatic N) is 1. The Morgan fingerprint density at radius 2 is 2.03 bits per heavy atom. The molecular weight excluding hydrogens is 444 g/mol. The van der Waals surface area contributed by atoms with Crippen molar-refractivity contribution in [2.45, 2.75) is 38.3 Å². The van der Waals surface area contributed by atoms with Crippen LogP contribution in [0.3, 0.4) is 0 Å². The molecule has 8 heteroatoms. The van der Waals surface area contributed by atoms with Crippen LogP contribution in [0.15, 0.2) is 42.5 Å². The lowest BCUT2D eigenvalue weighted by molar-refractivity contribution is 0.0754. The Bertz CT molecular complexity index is 1100. The van der Waals surface area contributed by atoms with Crippen molar-refractivity contribution in [3.8, 4) is 5.75 Å². The van der Waals surface area contributed by atoms with E-state index in [1.807, 2.05) is 49.4 Å². The second-order valence-electron chi connectivity index (χ2n) is 8.21. The Balaban J connectivity index is 1.65. The second kappa shape index (κ2) is 10.5. The number of rotatable bonds is 8. The van der Waals surface area contributed by atoms with Crippen molar-refractivity contribution in [2.75, 3.05) is 26.4 Å². The van der Waals surface area contributed by atoms with E-state index in [1.165, 1.54) is 0 Å². The molecule has 3 aromatic rings. The van der Waals surface area contributed by atoms with Gasteiger partial charge in [0, 0.05) is 34.6 Å². The molecule has 2 aromatic carbocycles. The van der Waals surface area contributed by atoms with Crippen molar-refractivity contribution in [1.82, 2.24) is 9.88 Å². The number of nitrogens with one attached hydrogen (secondary N) is 1. The molecule has 1 aliphatic rings. The molecule has 2 atom stereocenters. The molecular formula is C25H29ClN2O5. The summed E-state index contributed by atoms with van der Waals surface area (Å²) < 4.78 is 11.2. The van der Waals surface area contributed by atoms with Gasteiger partial charge >= 0.3 is 6.09 Å². The van der Waals surface area contributed by atoms with Crippen molar-refractivity contribution in [3.05, 3.63) is 64.3 Å². The van der Waals surface area contributed by atoms with Gasteiger partial charge < -0.3 is 24.7 Å². The smallest absolute Gasteiger partial charge is 0.410 e. The Hall–Kier alpha value is -2.74. The first-order valence-electron chi connectivity index (χ1n) is 11.3. The Kier molecular flexibility index (Phi) is 7.42. The van der Waals surface area contributed by atoms with Gasteiger partial charge in [0.1, 0.15) is 11.8 Å². The van der Waals surface area contributed by atoms with Crippen molar-refractivity contribution in [2.24, 2.45) is 0 Å². The number of carbonyl (C=O) groups is 1. The highest BCUT2D eigenvalue weighted by atomic mass is 35.5. The fraction of sp³-hybridized carbons (Fsp3) is 0.400. The van der Waals surface area contributed by atoms with Gasteiger partial charge in [0.25, 0.3) is 0 Å². The molecule has 1 aromatic heterocycles. The third kappa shape index (κ3) is 5.11. The lowest BCUT2D eigenvalue weighted by atomic mass is 9.92. The van der Waals surface area contributed by atoms with Crippen LogP contribution in [0, 0.1) is 0 Å². The molecule has 0 fully saturated rings. The van der Waals surface area contributed by atoms with E-state index in [1.54, 1.807) is 4.90 Å². The summed E-state index contributed by atoms with van der Waals surface area (Å²) in [6.07, 6.45) is 0.698. The molecule has 2 heterocycles. The standard InChI is InChI=1S/C25H29ClN2O5/c1-2-12-33-25(31)28-11-9-20-21-14-17(26)5-8-22(21)27-23(20)24(28)16-3-6-19(7-4-16)32-13-10-18(30)15-29/h3-8,14,18,24,27,29-30H,2,9-13,15H2,1H3. The molecule has 0 radical (unpaired) electrons. The fourth-order valence-electron chi connectivity index (χ4n) is 4.23. The number of H-pyrrole nitrogens is 1. The van der Waals surface area contributed by atoms with Gasteiger partial charge in [0.2, 0.25) is 0 Å². The maximum absolute atomic E-state index is 12.9. The first kappa shape index (κ1) is 23.4. The Morgan fingerprint density at radius 1 is 1.24 bits per heavy atom. The molecule has 33 heavy (non-hydrogen) atoms. The lowest BCUT2D eigenvalue weighted by Gasteiger charge is -2.35. The van der Waals surface area contributed by atoms with Crippen LogP contribution >= 0.6 is 11.6 Å². The quantitative estimate of drug-likeness (QED) is 0.450. The number of carbonyl (C=O) groups excluding carboxylic acids is 1. The summed E-state index contributed by atoms with van der Waals surface area (Å²) in [6.45, 7) is 2.90. The summed E-state index contributed by atoms with van der Waals surface area (Å²) in [5.41, 5.74) is 4.05. The highest BCUT2D eigenvalue weighted by molar-refractivity contribution is 6.31. The van der Waals surface area contributed by atoms with Crippen LogP contribution in [-0.2, 0) is 11.2 Å². The highest BCUT2D eigenvalue weighted by Gasteiger charge is 2.35. The van der Waals surface area contributed by atoms with Crippen LogP contribution < -0.4 is 4.74 Å². The first-order chi connectivity index (χ1) is 16.0. The molecule has 0 aliphatic carbocycles. The predicted octanol–water partition coefficient (Wildman–Crippen LogP) is 4.44. The van der Waals surface area contributed by atoms with E-state index < -0.39 is 6.10 Å². The number of amides is 1.